The van der Waals surface area contributed by atoms with Gasteiger partial charge in [-0.15, -0.1) is 13.2 Å². The molecular formula is C31H49N5O5. The third-order valence-electron chi connectivity index (χ3n) is 9.35. The lowest BCUT2D eigenvalue weighted by Crippen LogP contribution is -2.60. The average molecular weight is 572 g/mol. The normalized spacial score (nSPS) is 25.1. The maximum Gasteiger partial charge on any atom is 0.315 e. The highest BCUT2D eigenvalue weighted by Crippen LogP contribution is 2.65. The third-order valence-corrected chi connectivity index (χ3v) is 9.35. The molecule has 6 atom stereocenters. The quantitative estimate of drug-likeness (QED) is 0.188. The van der Waals surface area contributed by atoms with Crippen LogP contribution in [0.15, 0.2) is 25.3 Å². The van der Waals surface area contributed by atoms with Crippen molar-refractivity contribution in [1.82, 2.24) is 26.2 Å². The molecule has 3 fully saturated rings. The van der Waals surface area contributed by atoms with Crippen molar-refractivity contribution in [3.8, 4) is 0 Å². The van der Waals surface area contributed by atoms with Gasteiger partial charge in [0.25, 0.3) is 5.91 Å². The molecule has 5 amide bonds. The number of carbonyl (C=O) groups is 5. The van der Waals surface area contributed by atoms with Gasteiger partial charge in [0, 0.05) is 19.1 Å². The Bertz CT molecular complexity index is 1020. The number of nitrogens with one attached hydrogen (secondary N) is 4. The minimum atomic E-state index is -1.04. The van der Waals surface area contributed by atoms with E-state index in [-0.39, 0.29) is 54.1 Å². The maximum atomic E-state index is 14.2. The Kier molecular flexibility index (Phi) is 11.2. The largest absolute Gasteiger partial charge is 0.346 e. The molecule has 0 aromatic rings. The smallest absolute Gasteiger partial charge is 0.315 e. The summed E-state index contributed by atoms with van der Waals surface area (Å²) in [5.41, 5.74) is -0.136. The Morgan fingerprint density at radius 2 is 1.68 bits per heavy atom. The van der Waals surface area contributed by atoms with Crippen LogP contribution in [0.1, 0.15) is 79.1 Å². The van der Waals surface area contributed by atoms with E-state index < -0.39 is 35.7 Å². The Morgan fingerprint density at radius 1 is 1.00 bits per heavy atom. The van der Waals surface area contributed by atoms with Crippen molar-refractivity contribution in [1.29, 1.82) is 0 Å². The van der Waals surface area contributed by atoms with E-state index in [0.717, 1.165) is 38.5 Å². The molecule has 0 bridgehead atoms. The summed E-state index contributed by atoms with van der Waals surface area (Å²) in [6.07, 6.45) is 9.26. The summed E-state index contributed by atoms with van der Waals surface area (Å²) >= 11 is 0. The summed E-state index contributed by atoms with van der Waals surface area (Å²) < 4.78 is 0. The second-order valence-electron chi connectivity index (χ2n) is 12.5. The number of fused-ring (bicyclic) bond motifs is 1. The third kappa shape index (κ3) is 7.57. The van der Waals surface area contributed by atoms with Gasteiger partial charge < -0.3 is 26.2 Å². The molecule has 1 saturated heterocycles. The van der Waals surface area contributed by atoms with Crippen LogP contribution in [0.5, 0.6) is 0 Å². The Balaban J connectivity index is 1.84. The summed E-state index contributed by atoms with van der Waals surface area (Å²) in [7, 11) is 0. The number of Topliss-reactive ketones (excluding diaryl/α,β-unsaturated/α-hetero) is 1. The number of urea groups is 1. The van der Waals surface area contributed by atoms with Crippen LogP contribution < -0.4 is 21.3 Å². The molecule has 10 nitrogen and oxygen atoms in total. The highest BCUT2D eigenvalue weighted by atomic mass is 16.2. The molecule has 3 aliphatic rings. The Labute approximate surface area is 244 Å². The maximum absolute atomic E-state index is 14.2. The molecule has 0 radical (unpaired) electrons. The first kappa shape index (κ1) is 32.3. The lowest BCUT2D eigenvalue weighted by molar-refractivity contribution is -0.144. The van der Waals surface area contributed by atoms with Crippen molar-refractivity contribution in [2.75, 3.05) is 13.1 Å². The van der Waals surface area contributed by atoms with E-state index in [1.165, 1.54) is 6.08 Å². The number of rotatable bonds is 14. The number of amides is 5. The van der Waals surface area contributed by atoms with Crippen molar-refractivity contribution in [2.45, 2.75) is 103 Å². The van der Waals surface area contributed by atoms with Crippen LogP contribution in [0.3, 0.4) is 0 Å². The van der Waals surface area contributed by atoms with Gasteiger partial charge >= 0.3 is 6.03 Å². The number of piperidine rings is 1. The lowest BCUT2D eigenvalue weighted by atomic mass is 9.83. The van der Waals surface area contributed by atoms with E-state index in [1.54, 1.807) is 11.0 Å². The monoisotopic (exact) mass is 571 g/mol. The molecule has 3 unspecified atom stereocenters. The highest BCUT2D eigenvalue weighted by molar-refractivity contribution is 6.38. The Morgan fingerprint density at radius 3 is 2.29 bits per heavy atom. The average Bonchev–Trinajstić information content (AvgIpc) is 3.27. The molecule has 1 aliphatic heterocycles. The van der Waals surface area contributed by atoms with Gasteiger partial charge in [0.1, 0.15) is 12.1 Å². The van der Waals surface area contributed by atoms with Crippen LogP contribution in [0.4, 0.5) is 4.79 Å². The number of nitrogens with zero attached hydrogens (tertiary/aromatic N) is 1. The van der Waals surface area contributed by atoms with Crippen LogP contribution >= 0.6 is 0 Å². The summed E-state index contributed by atoms with van der Waals surface area (Å²) in [6.45, 7) is 15.9. The van der Waals surface area contributed by atoms with Gasteiger partial charge in [-0.2, -0.15) is 0 Å². The molecule has 0 spiro atoms. The molecular weight excluding hydrogens is 522 g/mol. The second kappa shape index (κ2) is 14.1. The summed E-state index contributed by atoms with van der Waals surface area (Å²) in [5.74, 6) is -2.18. The number of hydrogen-bond acceptors (Lipinski definition) is 5. The fraction of sp³-hybridized carbons (Fsp3) is 0.710. The van der Waals surface area contributed by atoms with Crippen molar-refractivity contribution in [3.05, 3.63) is 25.3 Å². The zero-order chi connectivity index (χ0) is 30.3. The molecule has 0 aromatic heterocycles. The molecule has 2 saturated carbocycles. The van der Waals surface area contributed by atoms with Crippen LogP contribution in [0.2, 0.25) is 0 Å². The van der Waals surface area contributed by atoms with Crippen molar-refractivity contribution in [3.63, 3.8) is 0 Å². The number of carbonyl (C=O) groups excluding carboxylic acids is 5. The molecule has 1 heterocycles. The van der Waals surface area contributed by atoms with Crippen LogP contribution in [0, 0.1) is 23.2 Å². The van der Waals surface area contributed by atoms with Crippen molar-refractivity contribution >= 4 is 29.5 Å². The van der Waals surface area contributed by atoms with Crippen LogP contribution in [0.25, 0.3) is 0 Å². The Hall–Kier alpha value is -3.17. The predicted octanol–water partition coefficient (Wildman–Crippen LogP) is 2.84. The van der Waals surface area contributed by atoms with E-state index in [2.05, 4.69) is 48.3 Å². The van der Waals surface area contributed by atoms with Gasteiger partial charge in [0.05, 0.1) is 6.04 Å². The minimum absolute atomic E-state index is 0.0111. The summed E-state index contributed by atoms with van der Waals surface area (Å²) in [6, 6.07) is -2.99. The first-order valence-electron chi connectivity index (χ1n) is 15.2. The number of allylic oxidation sites excluding steroid dienone is 1. The van der Waals surface area contributed by atoms with Gasteiger partial charge in [0.15, 0.2) is 0 Å². The van der Waals surface area contributed by atoms with Gasteiger partial charge in [-0.3, -0.25) is 19.2 Å². The van der Waals surface area contributed by atoms with E-state index in [0.29, 0.717) is 13.0 Å². The van der Waals surface area contributed by atoms with Gasteiger partial charge in [-0.25, -0.2) is 4.79 Å². The van der Waals surface area contributed by atoms with Crippen molar-refractivity contribution < 1.29 is 24.0 Å². The molecule has 2 aliphatic carbocycles. The molecule has 0 aromatic carbocycles. The minimum Gasteiger partial charge on any atom is -0.346 e. The van der Waals surface area contributed by atoms with Gasteiger partial charge in [-0.05, 0) is 62.2 Å². The van der Waals surface area contributed by atoms with Crippen LogP contribution in [-0.4, -0.2) is 71.7 Å². The lowest BCUT2D eigenvalue weighted by Gasteiger charge is -2.37. The standard InChI is InChI=1S/C31H49N5O5/c1-7-10-16-22(26(37)28(39)32-17-8-2)34-27(38)25-23-21(31(23,5)6)18-36(25)29(40)24(20-14-12-11-13-15-20)35-30(41)33-19(4)9-3/h7-8,19-25H,1-2,9-18H2,3-6H3,(H,32,39)(H,34,38)(H2,33,35,41)/t19?,21?,22-,23?,24+,25+/m1/s1. The van der Waals surface area contributed by atoms with Gasteiger partial charge in [-0.1, -0.05) is 52.2 Å². The highest BCUT2D eigenvalue weighted by Gasteiger charge is 2.69. The van der Waals surface area contributed by atoms with Crippen LogP contribution in [-0.2, 0) is 19.2 Å². The fourth-order valence-corrected chi connectivity index (χ4v) is 6.57. The fourth-order valence-electron chi connectivity index (χ4n) is 6.57. The number of hydrogen-bond donors (Lipinski definition) is 4. The number of ketones is 1. The first-order chi connectivity index (χ1) is 19.5. The zero-order valence-electron chi connectivity index (χ0n) is 25.2. The van der Waals surface area contributed by atoms with E-state index in [4.69, 9.17) is 0 Å². The molecule has 3 rings (SSSR count). The first-order valence-corrected chi connectivity index (χ1v) is 15.2. The topological polar surface area (TPSA) is 137 Å². The molecule has 10 heteroatoms. The summed E-state index contributed by atoms with van der Waals surface area (Å²) in [5, 5.41) is 11.2. The predicted molar refractivity (Wildman–Crippen MR) is 158 cm³/mol. The van der Waals surface area contributed by atoms with E-state index >= 15 is 0 Å². The summed E-state index contributed by atoms with van der Waals surface area (Å²) in [4.78, 5) is 67.9. The van der Waals surface area contributed by atoms with E-state index in [9.17, 15) is 24.0 Å². The van der Waals surface area contributed by atoms with Crippen molar-refractivity contribution in [2.24, 2.45) is 23.2 Å². The van der Waals surface area contributed by atoms with E-state index in [1.807, 2.05) is 13.8 Å². The molecule has 4 N–H and O–H groups in total. The zero-order valence-corrected chi connectivity index (χ0v) is 25.2. The second-order valence-corrected chi connectivity index (χ2v) is 12.5. The number of likely N-dealkylation sites (tertiary alicyclic amines) is 1. The van der Waals surface area contributed by atoms with Gasteiger partial charge in [0.2, 0.25) is 17.6 Å². The molecule has 41 heavy (non-hydrogen) atoms. The SMILES string of the molecule is C=CCC[C@@H](NC(=O)[C@@H]1C2C(CN1C(=O)[C@@H](NC(=O)NC(C)CC)C1CCCCC1)C2(C)C)C(=O)C(=O)NCC=C. The molecule has 228 valence electrons.